The van der Waals surface area contributed by atoms with Gasteiger partial charge in [-0.25, -0.2) is 0 Å². The maximum atomic E-state index is 12.7. The van der Waals surface area contributed by atoms with E-state index in [2.05, 4.69) is 19.2 Å². The van der Waals surface area contributed by atoms with E-state index >= 15 is 0 Å². The van der Waals surface area contributed by atoms with Crippen molar-refractivity contribution in [1.29, 1.82) is 0 Å². The summed E-state index contributed by atoms with van der Waals surface area (Å²) in [7, 11) is 3.49. The lowest BCUT2D eigenvalue weighted by atomic mass is 9.86. The molecule has 0 aliphatic heterocycles. The molecule has 3 nitrogen and oxygen atoms in total. The Kier molecular flexibility index (Phi) is 5.55. The van der Waals surface area contributed by atoms with Gasteiger partial charge in [0.1, 0.15) is 5.75 Å². The minimum Gasteiger partial charge on any atom is -0.496 e. The second-order valence-electron chi connectivity index (χ2n) is 5.41. The first-order valence-corrected chi connectivity index (χ1v) is 6.76. The van der Waals surface area contributed by atoms with Gasteiger partial charge in [-0.15, -0.1) is 0 Å². The van der Waals surface area contributed by atoms with Gasteiger partial charge in [-0.2, -0.15) is 0 Å². The van der Waals surface area contributed by atoms with Crippen LogP contribution in [0.4, 0.5) is 0 Å². The predicted octanol–water partition coefficient (Wildman–Crippen LogP) is 2.99. The van der Waals surface area contributed by atoms with Crippen LogP contribution in [0.1, 0.15) is 35.3 Å². The first kappa shape index (κ1) is 15.7. The molecule has 0 spiro atoms. The van der Waals surface area contributed by atoms with E-state index in [0.29, 0.717) is 23.8 Å². The number of hydrogen-bond acceptors (Lipinski definition) is 3. The summed E-state index contributed by atoms with van der Waals surface area (Å²) in [5, 5.41) is 3.10. The van der Waals surface area contributed by atoms with Crippen LogP contribution >= 0.6 is 0 Å². The van der Waals surface area contributed by atoms with Gasteiger partial charge in [0.05, 0.1) is 12.7 Å². The average Bonchev–Trinajstić information content (AvgIpc) is 2.37. The van der Waals surface area contributed by atoms with Crippen molar-refractivity contribution in [1.82, 2.24) is 5.32 Å². The molecule has 1 aromatic rings. The van der Waals surface area contributed by atoms with Gasteiger partial charge < -0.3 is 10.1 Å². The summed E-state index contributed by atoms with van der Waals surface area (Å²) < 4.78 is 5.37. The molecule has 1 rings (SSSR count). The van der Waals surface area contributed by atoms with E-state index in [4.69, 9.17) is 4.74 Å². The Morgan fingerprint density at radius 2 is 1.84 bits per heavy atom. The Morgan fingerprint density at radius 3 is 2.32 bits per heavy atom. The Bertz CT molecular complexity index is 452. The smallest absolute Gasteiger partial charge is 0.171 e. The van der Waals surface area contributed by atoms with Crippen LogP contribution in [0.15, 0.2) is 12.1 Å². The minimum atomic E-state index is -0.0268. The van der Waals surface area contributed by atoms with Crippen molar-refractivity contribution in [3.8, 4) is 5.75 Å². The summed E-state index contributed by atoms with van der Waals surface area (Å²) in [5.74, 6) is 1.10. The Labute approximate surface area is 116 Å². The van der Waals surface area contributed by atoms with Crippen LogP contribution in [0.3, 0.4) is 0 Å². The monoisotopic (exact) mass is 263 g/mol. The molecule has 0 aromatic heterocycles. The fourth-order valence-corrected chi connectivity index (χ4v) is 2.20. The van der Waals surface area contributed by atoms with Gasteiger partial charge in [0.15, 0.2) is 5.78 Å². The van der Waals surface area contributed by atoms with Gasteiger partial charge >= 0.3 is 0 Å². The van der Waals surface area contributed by atoms with Crippen LogP contribution in [0.25, 0.3) is 0 Å². The highest BCUT2D eigenvalue weighted by Gasteiger charge is 2.25. The van der Waals surface area contributed by atoms with E-state index in [1.54, 1.807) is 7.11 Å². The second kappa shape index (κ2) is 6.71. The molecule has 0 aliphatic rings. The number of ether oxygens (including phenoxy) is 1. The van der Waals surface area contributed by atoms with Crippen LogP contribution < -0.4 is 10.1 Å². The third-order valence-electron chi connectivity index (χ3n) is 3.65. The number of benzene rings is 1. The lowest BCUT2D eigenvalue weighted by Gasteiger charge is -2.21. The number of aryl methyl sites for hydroxylation is 2. The number of nitrogens with one attached hydrogen (secondary N) is 1. The first-order chi connectivity index (χ1) is 8.92. The Balaban J connectivity index is 3.20. The maximum Gasteiger partial charge on any atom is 0.171 e. The number of Topliss-reactive ketones (excluding diaryl/α,β-unsaturated/α-hetero) is 1. The van der Waals surface area contributed by atoms with Crippen LogP contribution in [0.5, 0.6) is 5.75 Å². The molecular weight excluding hydrogens is 238 g/mol. The molecule has 19 heavy (non-hydrogen) atoms. The highest BCUT2D eigenvalue weighted by molar-refractivity contribution is 6.01. The molecule has 106 valence electrons. The lowest BCUT2D eigenvalue weighted by molar-refractivity contribution is 0.0883. The van der Waals surface area contributed by atoms with Gasteiger partial charge in [0.2, 0.25) is 0 Å². The molecule has 1 N–H and O–H groups in total. The largest absolute Gasteiger partial charge is 0.496 e. The van der Waals surface area contributed by atoms with E-state index in [9.17, 15) is 4.79 Å². The summed E-state index contributed by atoms with van der Waals surface area (Å²) in [6, 6.07) is 3.89. The number of carbonyl (C=O) groups excluding carboxylic acids is 1. The molecule has 1 unspecified atom stereocenters. The number of carbonyl (C=O) groups is 1. The molecule has 0 amide bonds. The van der Waals surface area contributed by atoms with Crippen LogP contribution in [0.2, 0.25) is 0 Å². The second-order valence-corrected chi connectivity index (χ2v) is 5.41. The fraction of sp³-hybridized carbons (Fsp3) is 0.562. The third kappa shape index (κ3) is 3.57. The summed E-state index contributed by atoms with van der Waals surface area (Å²) in [4.78, 5) is 12.7. The molecule has 0 fully saturated rings. The SMILES string of the molecule is CNCC(C(=O)c1cc(C)c(C)cc1OC)C(C)C. The van der Waals surface area contributed by atoms with Crippen LogP contribution in [-0.4, -0.2) is 26.5 Å². The number of methoxy groups -OCH3 is 1. The van der Waals surface area contributed by atoms with Gasteiger partial charge in [0, 0.05) is 12.5 Å². The maximum absolute atomic E-state index is 12.7. The summed E-state index contributed by atoms with van der Waals surface area (Å²) in [6.07, 6.45) is 0. The molecule has 0 bridgehead atoms. The predicted molar refractivity (Wildman–Crippen MR) is 79.1 cm³/mol. The van der Waals surface area contributed by atoms with Gasteiger partial charge in [-0.1, -0.05) is 13.8 Å². The quantitative estimate of drug-likeness (QED) is 0.802. The molecule has 1 aromatic carbocycles. The normalized spacial score (nSPS) is 12.6. The van der Waals surface area contributed by atoms with E-state index in [1.807, 2.05) is 33.0 Å². The highest BCUT2D eigenvalue weighted by atomic mass is 16.5. The van der Waals surface area contributed by atoms with Crippen molar-refractivity contribution in [2.75, 3.05) is 20.7 Å². The Hall–Kier alpha value is -1.35. The molecule has 3 heteroatoms. The third-order valence-corrected chi connectivity index (χ3v) is 3.65. The summed E-state index contributed by atoms with van der Waals surface area (Å²) >= 11 is 0. The zero-order valence-electron chi connectivity index (χ0n) is 12.8. The van der Waals surface area contributed by atoms with Crippen molar-refractivity contribution in [2.24, 2.45) is 11.8 Å². The van der Waals surface area contributed by atoms with Crippen molar-refractivity contribution in [3.05, 3.63) is 28.8 Å². The van der Waals surface area contributed by atoms with E-state index in [0.717, 1.165) is 11.1 Å². The fourth-order valence-electron chi connectivity index (χ4n) is 2.20. The number of ketones is 1. The van der Waals surface area contributed by atoms with Crippen molar-refractivity contribution >= 4 is 5.78 Å². The summed E-state index contributed by atoms with van der Waals surface area (Å²) in [5.41, 5.74) is 2.96. The van der Waals surface area contributed by atoms with E-state index < -0.39 is 0 Å². The first-order valence-electron chi connectivity index (χ1n) is 6.76. The lowest BCUT2D eigenvalue weighted by Crippen LogP contribution is -2.30. The molecule has 0 heterocycles. The minimum absolute atomic E-state index is 0.0268. The molecule has 0 aliphatic carbocycles. The Morgan fingerprint density at radius 1 is 1.26 bits per heavy atom. The number of rotatable bonds is 6. The molecule has 0 saturated heterocycles. The summed E-state index contributed by atoms with van der Waals surface area (Å²) in [6.45, 7) is 8.89. The molecule has 0 saturated carbocycles. The average molecular weight is 263 g/mol. The van der Waals surface area contributed by atoms with Crippen molar-refractivity contribution in [2.45, 2.75) is 27.7 Å². The van der Waals surface area contributed by atoms with Crippen molar-refractivity contribution < 1.29 is 9.53 Å². The molecule has 1 atom stereocenters. The van der Waals surface area contributed by atoms with Gasteiger partial charge in [-0.05, 0) is 50.1 Å². The van der Waals surface area contributed by atoms with E-state index in [-0.39, 0.29) is 11.7 Å². The molecular formula is C16H25NO2. The van der Waals surface area contributed by atoms with Gasteiger partial charge in [0.25, 0.3) is 0 Å². The van der Waals surface area contributed by atoms with Gasteiger partial charge in [-0.3, -0.25) is 4.79 Å². The van der Waals surface area contributed by atoms with E-state index in [1.165, 1.54) is 0 Å². The zero-order chi connectivity index (χ0) is 14.6. The zero-order valence-corrected chi connectivity index (χ0v) is 12.8. The standard InChI is InChI=1S/C16H25NO2/c1-10(2)14(9-17-5)16(18)13-7-11(3)12(4)8-15(13)19-6/h7-8,10,14,17H,9H2,1-6H3. The topological polar surface area (TPSA) is 38.3 Å². The highest BCUT2D eigenvalue weighted by Crippen LogP contribution is 2.27. The number of hydrogen-bond donors (Lipinski definition) is 1. The van der Waals surface area contributed by atoms with Crippen LogP contribution in [0, 0.1) is 25.7 Å². The van der Waals surface area contributed by atoms with Crippen molar-refractivity contribution in [3.63, 3.8) is 0 Å². The van der Waals surface area contributed by atoms with Crippen LogP contribution in [-0.2, 0) is 0 Å². The molecule has 0 radical (unpaired) electrons.